The number of hydrogen-bond acceptors (Lipinski definition) is 12. The highest BCUT2D eigenvalue weighted by molar-refractivity contribution is 5.97. The standard InChI is InChI=1S/C26H40N6O11/c1-11(33)19(28)24(40)31-20(12(2)34)25(41)30-17(10-18(27)37)22(38)29-16(9-14-5-7-15(36)8-6-14)23(39)32-21(13(3)35)26(42)43-4/h5-8,11-13,16-17,19-21,33-36H,9-10,28H2,1-4H3,(H2,27,37)(H,29,38)(H,30,41)(H,31,40)(H,32,39). The Balaban J connectivity index is 3.29. The van der Waals surface area contributed by atoms with Gasteiger partial charge >= 0.3 is 5.97 Å². The molecular formula is C26H40N6O11. The van der Waals surface area contributed by atoms with Crippen LogP contribution in [0.3, 0.4) is 0 Å². The monoisotopic (exact) mass is 612 g/mol. The number of aliphatic hydroxyl groups is 3. The predicted molar refractivity (Wildman–Crippen MR) is 148 cm³/mol. The number of nitrogens with one attached hydrogen (secondary N) is 4. The fraction of sp³-hybridized carbons (Fsp3) is 0.538. The molecule has 0 radical (unpaired) electrons. The highest BCUT2D eigenvalue weighted by Crippen LogP contribution is 2.12. The van der Waals surface area contributed by atoms with Crippen molar-refractivity contribution in [2.45, 2.75) is 82.1 Å². The molecular weight excluding hydrogens is 572 g/mol. The topological polar surface area (TPSA) is 293 Å². The summed E-state index contributed by atoms with van der Waals surface area (Å²) in [5.74, 6) is -6.24. The first-order valence-electron chi connectivity index (χ1n) is 13.1. The van der Waals surface area contributed by atoms with Gasteiger partial charge in [-0.2, -0.15) is 0 Å². The molecule has 0 aliphatic rings. The quantitative estimate of drug-likeness (QED) is 0.0789. The first-order chi connectivity index (χ1) is 20.0. The fourth-order valence-electron chi connectivity index (χ4n) is 3.65. The Kier molecular flexibility index (Phi) is 14.5. The summed E-state index contributed by atoms with van der Waals surface area (Å²) in [7, 11) is 1.04. The highest BCUT2D eigenvalue weighted by Gasteiger charge is 2.35. The van der Waals surface area contributed by atoms with E-state index >= 15 is 0 Å². The summed E-state index contributed by atoms with van der Waals surface area (Å²) in [5.41, 5.74) is 11.3. The second-order valence-corrected chi connectivity index (χ2v) is 9.91. The van der Waals surface area contributed by atoms with Gasteiger partial charge < -0.3 is 57.9 Å². The number of carbonyl (C=O) groups excluding carboxylic acids is 6. The lowest BCUT2D eigenvalue weighted by molar-refractivity contribution is -0.148. The van der Waals surface area contributed by atoms with Gasteiger partial charge in [0.2, 0.25) is 29.5 Å². The normalized spacial score (nSPS) is 16.6. The number of nitrogens with two attached hydrogens (primary N) is 2. The molecule has 0 heterocycles. The molecule has 17 nitrogen and oxygen atoms in total. The van der Waals surface area contributed by atoms with Crippen molar-refractivity contribution in [1.29, 1.82) is 0 Å². The summed E-state index contributed by atoms with van der Waals surface area (Å²) in [6.07, 6.45) is -5.19. The summed E-state index contributed by atoms with van der Waals surface area (Å²) in [6, 6.07) is -2.27. The van der Waals surface area contributed by atoms with Gasteiger partial charge in [0.15, 0.2) is 6.04 Å². The Bertz CT molecular complexity index is 1140. The van der Waals surface area contributed by atoms with Gasteiger partial charge in [-0.25, -0.2) is 4.79 Å². The molecule has 1 rings (SSSR count). The molecule has 43 heavy (non-hydrogen) atoms. The van der Waals surface area contributed by atoms with Crippen molar-refractivity contribution in [3.8, 4) is 5.75 Å². The van der Waals surface area contributed by atoms with E-state index in [1.54, 1.807) is 0 Å². The third kappa shape index (κ3) is 11.8. The van der Waals surface area contributed by atoms with Crippen LogP contribution in [0.15, 0.2) is 24.3 Å². The van der Waals surface area contributed by atoms with Crippen LogP contribution in [0, 0.1) is 0 Å². The van der Waals surface area contributed by atoms with E-state index in [0.717, 1.165) is 14.0 Å². The molecule has 0 aliphatic heterocycles. The lowest BCUT2D eigenvalue weighted by atomic mass is 10.0. The number of amides is 5. The number of methoxy groups -OCH3 is 1. The Morgan fingerprint density at radius 3 is 1.70 bits per heavy atom. The predicted octanol–water partition coefficient (Wildman–Crippen LogP) is -4.61. The Hall–Kier alpha value is -4.32. The van der Waals surface area contributed by atoms with Crippen LogP contribution in [0.25, 0.3) is 0 Å². The molecule has 0 spiro atoms. The van der Waals surface area contributed by atoms with E-state index in [2.05, 4.69) is 26.0 Å². The van der Waals surface area contributed by atoms with Crippen LogP contribution in [-0.4, -0.2) is 112 Å². The van der Waals surface area contributed by atoms with Crippen molar-refractivity contribution in [2.24, 2.45) is 11.5 Å². The van der Waals surface area contributed by atoms with E-state index in [1.807, 2.05) is 0 Å². The number of hydrogen-bond donors (Lipinski definition) is 10. The first kappa shape index (κ1) is 36.7. The third-order valence-corrected chi connectivity index (χ3v) is 6.17. The molecule has 12 N–H and O–H groups in total. The van der Waals surface area contributed by atoms with E-state index in [0.29, 0.717) is 5.56 Å². The summed E-state index contributed by atoms with van der Waals surface area (Å²) >= 11 is 0. The minimum absolute atomic E-state index is 0.0768. The number of aromatic hydroxyl groups is 1. The average molecular weight is 613 g/mol. The molecule has 17 heteroatoms. The van der Waals surface area contributed by atoms with E-state index < -0.39 is 90.4 Å². The van der Waals surface area contributed by atoms with Gasteiger partial charge in [0.1, 0.15) is 29.9 Å². The Morgan fingerprint density at radius 2 is 1.23 bits per heavy atom. The molecule has 1 aromatic carbocycles. The van der Waals surface area contributed by atoms with E-state index in [9.17, 15) is 49.2 Å². The number of primary amides is 1. The second kappa shape index (κ2) is 17.0. The molecule has 0 fully saturated rings. The second-order valence-electron chi connectivity index (χ2n) is 9.91. The SMILES string of the molecule is COC(=O)C(NC(=O)C(Cc1ccc(O)cc1)NC(=O)C(CC(N)=O)NC(=O)C(NC(=O)C(N)C(C)O)C(C)O)C(C)O. The van der Waals surface area contributed by atoms with E-state index in [1.165, 1.54) is 38.1 Å². The third-order valence-electron chi connectivity index (χ3n) is 6.17. The van der Waals surface area contributed by atoms with Crippen LogP contribution >= 0.6 is 0 Å². The van der Waals surface area contributed by atoms with Crippen molar-refractivity contribution in [1.82, 2.24) is 21.3 Å². The number of ether oxygens (including phenoxy) is 1. The minimum Gasteiger partial charge on any atom is -0.508 e. The van der Waals surface area contributed by atoms with Crippen molar-refractivity contribution in [2.75, 3.05) is 7.11 Å². The molecule has 0 aromatic heterocycles. The number of esters is 1. The van der Waals surface area contributed by atoms with Crippen LogP contribution < -0.4 is 32.7 Å². The number of rotatable bonds is 16. The zero-order chi connectivity index (χ0) is 33.0. The van der Waals surface area contributed by atoms with Gasteiger partial charge in [-0.15, -0.1) is 0 Å². The summed E-state index contributed by atoms with van der Waals surface area (Å²) in [5, 5.41) is 48.1. The lowest BCUT2D eigenvalue weighted by Crippen LogP contribution is -2.62. The molecule has 0 bridgehead atoms. The maximum atomic E-state index is 13.3. The van der Waals surface area contributed by atoms with Crippen LogP contribution in [0.2, 0.25) is 0 Å². The number of benzene rings is 1. The van der Waals surface area contributed by atoms with Crippen molar-refractivity contribution >= 4 is 35.5 Å². The first-order valence-corrected chi connectivity index (χ1v) is 13.1. The number of aliphatic hydroxyl groups excluding tert-OH is 3. The van der Waals surface area contributed by atoms with Crippen molar-refractivity contribution in [3.63, 3.8) is 0 Å². The van der Waals surface area contributed by atoms with Crippen molar-refractivity contribution < 1.29 is 53.9 Å². The molecule has 0 saturated heterocycles. The largest absolute Gasteiger partial charge is 0.508 e. The average Bonchev–Trinajstić information content (AvgIpc) is 2.92. The van der Waals surface area contributed by atoms with Crippen LogP contribution in [0.5, 0.6) is 5.75 Å². The van der Waals surface area contributed by atoms with E-state index in [4.69, 9.17) is 11.5 Å². The van der Waals surface area contributed by atoms with Crippen LogP contribution in [-0.2, 0) is 39.9 Å². The molecule has 8 atom stereocenters. The maximum absolute atomic E-state index is 13.3. The van der Waals surface area contributed by atoms with Gasteiger partial charge in [0.25, 0.3) is 0 Å². The van der Waals surface area contributed by atoms with Gasteiger partial charge in [-0.3, -0.25) is 24.0 Å². The van der Waals surface area contributed by atoms with Crippen LogP contribution in [0.4, 0.5) is 0 Å². The molecule has 0 saturated carbocycles. The summed E-state index contributed by atoms with van der Waals surface area (Å²) in [4.78, 5) is 75.6. The number of phenolic OH excluding ortho intramolecular Hbond substituents is 1. The highest BCUT2D eigenvalue weighted by atomic mass is 16.5. The van der Waals surface area contributed by atoms with Gasteiger partial charge in [-0.1, -0.05) is 12.1 Å². The van der Waals surface area contributed by atoms with Gasteiger partial charge in [-0.05, 0) is 38.5 Å². The molecule has 5 amide bonds. The fourth-order valence-corrected chi connectivity index (χ4v) is 3.65. The van der Waals surface area contributed by atoms with Gasteiger partial charge in [0, 0.05) is 6.42 Å². The summed E-state index contributed by atoms with van der Waals surface area (Å²) < 4.78 is 4.59. The van der Waals surface area contributed by atoms with E-state index in [-0.39, 0.29) is 12.2 Å². The molecule has 0 aliphatic carbocycles. The molecule has 8 unspecified atom stereocenters. The van der Waals surface area contributed by atoms with Crippen molar-refractivity contribution in [3.05, 3.63) is 29.8 Å². The molecule has 240 valence electrons. The van der Waals surface area contributed by atoms with Gasteiger partial charge in [0.05, 0.1) is 31.8 Å². The minimum atomic E-state index is -1.71. The summed E-state index contributed by atoms with van der Waals surface area (Å²) in [6.45, 7) is 3.60. The molecule has 1 aromatic rings. The number of carbonyl (C=O) groups is 6. The zero-order valence-corrected chi connectivity index (χ0v) is 24.1. The Labute approximate surface area is 247 Å². The lowest BCUT2D eigenvalue weighted by Gasteiger charge is -2.27. The Morgan fingerprint density at radius 1 is 0.744 bits per heavy atom. The zero-order valence-electron chi connectivity index (χ0n) is 24.1. The smallest absolute Gasteiger partial charge is 0.331 e. The number of phenols is 1. The van der Waals surface area contributed by atoms with Crippen LogP contribution in [0.1, 0.15) is 32.8 Å². The maximum Gasteiger partial charge on any atom is 0.331 e.